The van der Waals surface area contributed by atoms with Crippen LogP contribution in [0.15, 0.2) is 30.3 Å². The number of benzene rings is 1. The van der Waals surface area contributed by atoms with Crippen molar-refractivity contribution < 1.29 is 38.3 Å². The standard InChI is InChI=1S/C18H22O8/c1-10(19)18(20)13-12(23-16-14(18)25-17(2,21-3)26-16)9-22-15(24-13)11-7-5-4-6-8-11/h4-8,12-16,20H,9H2,1-3H3/t12-,13-,14+,15?,16-,17?,18+/m1/s1. The van der Waals surface area contributed by atoms with Crippen molar-refractivity contribution in [2.24, 2.45) is 0 Å². The van der Waals surface area contributed by atoms with E-state index in [2.05, 4.69) is 0 Å². The van der Waals surface area contributed by atoms with E-state index in [-0.39, 0.29) is 6.61 Å². The monoisotopic (exact) mass is 366 g/mol. The van der Waals surface area contributed by atoms with Crippen molar-refractivity contribution in [3.8, 4) is 0 Å². The molecule has 8 nitrogen and oxygen atoms in total. The average Bonchev–Trinajstić information content (AvgIpc) is 3.00. The second kappa shape index (κ2) is 6.35. The molecule has 4 rings (SSSR count). The summed E-state index contributed by atoms with van der Waals surface area (Å²) in [6, 6.07) is 9.29. The number of fused-ring (bicyclic) bond motifs is 2. The minimum atomic E-state index is -1.96. The lowest BCUT2D eigenvalue weighted by atomic mass is 9.80. The molecule has 8 heteroatoms. The van der Waals surface area contributed by atoms with Crippen LogP contribution >= 0.6 is 0 Å². The third-order valence-electron chi connectivity index (χ3n) is 5.12. The van der Waals surface area contributed by atoms with Crippen molar-refractivity contribution in [2.75, 3.05) is 13.7 Å². The molecule has 3 aliphatic heterocycles. The van der Waals surface area contributed by atoms with E-state index in [0.29, 0.717) is 0 Å². The van der Waals surface area contributed by atoms with Crippen molar-refractivity contribution >= 4 is 5.78 Å². The minimum absolute atomic E-state index is 0.135. The molecule has 7 atom stereocenters. The molecule has 2 unspecified atom stereocenters. The molecule has 0 aliphatic carbocycles. The largest absolute Gasteiger partial charge is 0.377 e. The Bertz CT molecular complexity index is 681. The Kier molecular flexibility index (Phi) is 4.39. The van der Waals surface area contributed by atoms with Gasteiger partial charge in [0.2, 0.25) is 0 Å². The minimum Gasteiger partial charge on any atom is -0.377 e. The van der Waals surface area contributed by atoms with Gasteiger partial charge in [0.15, 0.2) is 30.1 Å². The summed E-state index contributed by atoms with van der Waals surface area (Å²) in [5.41, 5.74) is -1.18. The Labute approximate surface area is 150 Å². The van der Waals surface area contributed by atoms with E-state index < -0.39 is 48.2 Å². The van der Waals surface area contributed by atoms with E-state index in [0.717, 1.165) is 5.56 Å². The van der Waals surface area contributed by atoms with Crippen molar-refractivity contribution in [3.63, 3.8) is 0 Å². The number of hydrogen-bond acceptors (Lipinski definition) is 8. The summed E-state index contributed by atoms with van der Waals surface area (Å²) in [6.07, 6.45) is -4.44. The Morgan fingerprint density at radius 2 is 1.92 bits per heavy atom. The molecule has 0 radical (unpaired) electrons. The predicted molar refractivity (Wildman–Crippen MR) is 85.7 cm³/mol. The lowest BCUT2D eigenvalue weighted by Gasteiger charge is -2.50. The predicted octanol–water partition coefficient (Wildman–Crippen LogP) is 0.881. The molecule has 26 heavy (non-hydrogen) atoms. The maximum atomic E-state index is 12.5. The molecule has 0 saturated carbocycles. The van der Waals surface area contributed by atoms with E-state index in [1.807, 2.05) is 30.3 Å². The van der Waals surface area contributed by atoms with Crippen molar-refractivity contribution in [1.29, 1.82) is 0 Å². The molecule has 1 aromatic carbocycles. The molecule has 0 aromatic heterocycles. The topological polar surface area (TPSA) is 92.7 Å². The molecule has 1 aromatic rings. The second-order valence-electron chi connectivity index (χ2n) is 6.78. The number of rotatable bonds is 3. The van der Waals surface area contributed by atoms with Gasteiger partial charge in [-0.05, 0) is 6.92 Å². The van der Waals surface area contributed by atoms with Gasteiger partial charge in [0.1, 0.15) is 12.2 Å². The number of hydrogen-bond donors (Lipinski definition) is 1. The molecule has 3 fully saturated rings. The number of carbonyl (C=O) groups is 1. The Morgan fingerprint density at radius 1 is 1.19 bits per heavy atom. The zero-order chi connectivity index (χ0) is 18.5. The summed E-state index contributed by atoms with van der Waals surface area (Å²) in [7, 11) is 1.41. The first-order chi connectivity index (χ1) is 12.4. The number of Topliss-reactive ketones (excluding diaryl/α,β-unsaturated/α-hetero) is 1. The normalized spacial score (nSPS) is 45.0. The van der Waals surface area contributed by atoms with E-state index >= 15 is 0 Å². The quantitative estimate of drug-likeness (QED) is 0.843. The molecule has 0 amide bonds. The number of methoxy groups -OCH3 is 1. The molecule has 0 bridgehead atoms. The fourth-order valence-electron chi connectivity index (χ4n) is 3.63. The third kappa shape index (κ3) is 2.69. The van der Waals surface area contributed by atoms with Gasteiger partial charge in [0.05, 0.1) is 6.61 Å². The van der Waals surface area contributed by atoms with Crippen LogP contribution in [0, 0.1) is 0 Å². The number of aliphatic hydroxyl groups is 1. The van der Waals surface area contributed by atoms with Gasteiger partial charge in [-0.15, -0.1) is 0 Å². The zero-order valence-electron chi connectivity index (χ0n) is 14.8. The Morgan fingerprint density at radius 3 is 2.58 bits per heavy atom. The van der Waals surface area contributed by atoms with Gasteiger partial charge in [0.25, 0.3) is 5.97 Å². The molecule has 3 saturated heterocycles. The Balaban J connectivity index is 1.66. The van der Waals surface area contributed by atoms with Crippen LogP contribution in [0.4, 0.5) is 0 Å². The van der Waals surface area contributed by atoms with Gasteiger partial charge in [0, 0.05) is 19.6 Å². The maximum absolute atomic E-state index is 12.5. The first-order valence-corrected chi connectivity index (χ1v) is 8.49. The lowest BCUT2D eigenvalue weighted by molar-refractivity contribution is -0.358. The number of ether oxygens (including phenoxy) is 6. The molecular formula is C18H22O8. The molecule has 1 N–H and O–H groups in total. The van der Waals surface area contributed by atoms with Gasteiger partial charge in [-0.25, -0.2) is 0 Å². The smallest absolute Gasteiger partial charge is 0.282 e. The zero-order valence-corrected chi connectivity index (χ0v) is 14.8. The Hall–Kier alpha value is -1.39. The van der Waals surface area contributed by atoms with Gasteiger partial charge >= 0.3 is 0 Å². The van der Waals surface area contributed by atoms with Crippen LogP contribution in [-0.4, -0.2) is 60.8 Å². The van der Waals surface area contributed by atoms with E-state index in [1.165, 1.54) is 14.0 Å². The van der Waals surface area contributed by atoms with Gasteiger partial charge in [-0.1, -0.05) is 30.3 Å². The molecule has 142 valence electrons. The summed E-state index contributed by atoms with van der Waals surface area (Å²) in [4.78, 5) is 12.5. The second-order valence-corrected chi connectivity index (χ2v) is 6.78. The van der Waals surface area contributed by atoms with Gasteiger partial charge in [-0.3, -0.25) is 9.53 Å². The van der Waals surface area contributed by atoms with Crippen LogP contribution in [0.1, 0.15) is 25.7 Å². The van der Waals surface area contributed by atoms with Crippen LogP contribution in [0.2, 0.25) is 0 Å². The first-order valence-electron chi connectivity index (χ1n) is 8.49. The molecule has 3 aliphatic rings. The third-order valence-corrected chi connectivity index (χ3v) is 5.12. The molecule has 3 heterocycles. The van der Waals surface area contributed by atoms with E-state index in [4.69, 9.17) is 28.4 Å². The summed E-state index contributed by atoms with van der Waals surface area (Å²) >= 11 is 0. The molecular weight excluding hydrogens is 344 g/mol. The highest BCUT2D eigenvalue weighted by Crippen LogP contribution is 2.46. The fraction of sp³-hybridized carbons (Fsp3) is 0.611. The van der Waals surface area contributed by atoms with Crippen LogP contribution in [0.5, 0.6) is 0 Å². The summed E-state index contributed by atoms with van der Waals surface area (Å²) in [5.74, 6) is -1.92. The van der Waals surface area contributed by atoms with Crippen LogP contribution < -0.4 is 0 Å². The van der Waals surface area contributed by atoms with Crippen LogP contribution in [-0.2, 0) is 33.2 Å². The first kappa shape index (κ1) is 18.0. The van der Waals surface area contributed by atoms with Crippen LogP contribution in [0.25, 0.3) is 0 Å². The van der Waals surface area contributed by atoms with E-state index in [1.54, 1.807) is 6.92 Å². The highest BCUT2D eigenvalue weighted by Gasteiger charge is 2.67. The van der Waals surface area contributed by atoms with Crippen LogP contribution in [0.3, 0.4) is 0 Å². The molecule has 0 spiro atoms. The summed E-state index contributed by atoms with van der Waals surface area (Å²) in [5, 5.41) is 11.3. The summed E-state index contributed by atoms with van der Waals surface area (Å²) < 4.78 is 34.1. The number of carbonyl (C=O) groups excluding carboxylic acids is 1. The number of ketones is 1. The van der Waals surface area contributed by atoms with Crippen molar-refractivity contribution in [2.45, 2.75) is 56.3 Å². The van der Waals surface area contributed by atoms with Gasteiger partial charge < -0.3 is 28.8 Å². The average molecular weight is 366 g/mol. The fourth-order valence-corrected chi connectivity index (χ4v) is 3.63. The highest BCUT2D eigenvalue weighted by atomic mass is 16.9. The van der Waals surface area contributed by atoms with Crippen molar-refractivity contribution in [3.05, 3.63) is 35.9 Å². The summed E-state index contributed by atoms with van der Waals surface area (Å²) in [6.45, 7) is 2.97. The van der Waals surface area contributed by atoms with E-state index in [9.17, 15) is 9.90 Å². The maximum Gasteiger partial charge on any atom is 0.282 e. The highest BCUT2D eigenvalue weighted by molar-refractivity contribution is 5.86. The van der Waals surface area contributed by atoms with Crippen molar-refractivity contribution in [1.82, 2.24) is 0 Å². The van der Waals surface area contributed by atoms with Gasteiger partial charge in [-0.2, -0.15) is 0 Å². The lowest BCUT2D eigenvalue weighted by Crippen LogP contribution is -2.71. The SMILES string of the molecule is COC1(C)O[C@H]2O[C@@H]3COC(c4ccccc4)O[C@H]3[C@@](O)(C(C)=O)[C@H]2O1.